The van der Waals surface area contributed by atoms with Crippen molar-refractivity contribution in [3.8, 4) is 0 Å². The van der Waals surface area contributed by atoms with Gasteiger partial charge in [-0.3, -0.25) is 0 Å². The highest BCUT2D eigenvalue weighted by Gasteiger charge is 1.75. The van der Waals surface area contributed by atoms with E-state index < -0.39 is 0 Å². The van der Waals surface area contributed by atoms with Gasteiger partial charge < -0.3 is 5.32 Å². The van der Waals surface area contributed by atoms with Crippen LogP contribution >= 0.6 is 0 Å². The van der Waals surface area contributed by atoms with Crippen LogP contribution in [-0.2, 0) is 0 Å². The van der Waals surface area contributed by atoms with Gasteiger partial charge in [0.15, 0.2) is 0 Å². The van der Waals surface area contributed by atoms with Crippen LogP contribution in [0.1, 0.15) is 53.4 Å². The highest BCUT2D eigenvalue weighted by atomic mass is 14.7. The van der Waals surface area contributed by atoms with Crippen LogP contribution in [0.5, 0.6) is 0 Å². The second-order valence-electron chi connectivity index (χ2n) is 2.21. The van der Waals surface area contributed by atoms with E-state index in [0.29, 0.717) is 0 Å². The number of rotatable bonds is 3. The van der Waals surface area contributed by atoms with Crippen LogP contribution in [-0.4, -0.2) is 14.1 Å². The Kier molecular flexibility index (Phi) is 50.7. The Bertz CT molecular complexity index is 24.1. The number of hydrogen-bond acceptors (Lipinski definition) is 1. The Labute approximate surface area is 73.6 Å². The molecule has 0 aliphatic carbocycles. The van der Waals surface area contributed by atoms with E-state index in [1.807, 2.05) is 27.9 Å². The first kappa shape index (κ1) is 17.2. The van der Waals surface area contributed by atoms with Crippen molar-refractivity contribution in [3.05, 3.63) is 0 Å². The minimum absolute atomic E-state index is 1.36. The van der Waals surface area contributed by atoms with Gasteiger partial charge in [-0.05, 0) is 14.1 Å². The maximum atomic E-state index is 2.75. The zero-order valence-corrected chi connectivity index (χ0v) is 9.33. The minimum atomic E-state index is 1.36. The molecule has 0 unspecified atom stereocenters. The molecule has 11 heavy (non-hydrogen) atoms. The molecule has 0 saturated heterocycles. The van der Waals surface area contributed by atoms with Crippen molar-refractivity contribution in [2.75, 3.05) is 14.1 Å². The van der Waals surface area contributed by atoms with Gasteiger partial charge in [0, 0.05) is 0 Å². The summed E-state index contributed by atoms with van der Waals surface area (Å²) in [5.41, 5.74) is 0. The fourth-order valence-corrected chi connectivity index (χ4v) is 0.500. The summed E-state index contributed by atoms with van der Waals surface area (Å²) in [5.74, 6) is 0. The first-order valence-corrected chi connectivity index (χ1v) is 4.91. The monoisotopic (exact) mass is 161 g/mol. The standard InChI is InChI=1S/C6H14.C2H7N.C2H6/c1-3-5-6-4-2;1-3-2;1-2/h3-6H2,1-2H3;3H,1-2H3;1-2H3. The van der Waals surface area contributed by atoms with Crippen LogP contribution in [0.4, 0.5) is 0 Å². The number of hydrogen-bond donors (Lipinski definition) is 1. The van der Waals surface area contributed by atoms with Gasteiger partial charge in [-0.15, -0.1) is 0 Å². The predicted octanol–water partition coefficient (Wildman–Crippen LogP) is 3.45. The van der Waals surface area contributed by atoms with E-state index >= 15 is 0 Å². The van der Waals surface area contributed by atoms with Gasteiger partial charge >= 0.3 is 0 Å². The summed E-state index contributed by atoms with van der Waals surface area (Å²) in [4.78, 5) is 0. The molecule has 0 spiro atoms. The summed E-state index contributed by atoms with van der Waals surface area (Å²) in [6, 6.07) is 0. The third kappa shape index (κ3) is 72.0. The van der Waals surface area contributed by atoms with Crippen LogP contribution in [0.3, 0.4) is 0 Å². The first-order valence-electron chi connectivity index (χ1n) is 4.91. The second-order valence-corrected chi connectivity index (χ2v) is 2.21. The molecule has 0 aromatic carbocycles. The summed E-state index contributed by atoms with van der Waals surface area (Å²) in [6.45, 7) is 8.46. The maximum absolute atomic E-state index is 2.75. The first-order chi connectivity index (χ1) is 5.33. The largest absolute Gasteiger partial charge is 0.323 e. The van der Waals surface area contributed by atoms with Crippen molar-refractivity contribution < 1.29 is 0 Å². The Morgan fingerprint density at radius 2 is 1.00 bits per heavy atom. The zero-order chi connectivity index (χ0) is 9.54. The Balaban J connectivity index is -0.000000109. The average molecular weight is 161 g/mol. The van der Waals surface area contributed by atoms with Gasteiger partial charge in [0.1, 0.15) is 0 Å². The lowest BCUT2D eigenvalue weighted by atomic mass is 10.2. The molecule has 0 bridgehead atoms. The quantitative estimate of drug-likeness (QED) is 0.625. The van der Waals surface area contributed by atoms with Gasteiger partial charge in [-0.1, -0.05) is 53.4 Å². The Hall–Kier alpha value is -0.0400. The van der Waals surface area contributed by atoms with Gasteiger partial charge in [0.2, 0.25) is 0 Å². The summed E-state index contributed by atoms with van der Waals surface area (Å²) in [7, 11) is 3.75. The fraction of sp³-hybridized carbons (Fsp3) is 1.00. The molecule has 0 rings (SSSR count). The molecule has 0 fully saturated rings. The minimum Gasteiger partial charge on any atom is -0.323 e. The molecule has 1 heteroatoms. The van der Waals surface area contributed by atoms with E-state index in [9.17, 15) is 0 Å². The molecule has 0 atom stereocenters. The summed E-state index contributed by atoms with van der Waals surface area (Å²) >= 11 is 0. The van der Waals surface area contributed by atoms with Crippen molar-refractivity contribution in [1.29, 1.82) is 0 Å². The summed E-state index contributed by atoms with van der Waals surface area (Å²) in [5, 5.41) is 2.75. The zero-order valence-electron chi connectivity index (χ0n) is 9.33. The fourth-order valence-electron chi connectivity index (χ4n) is 0.500. The van der Waals surface area contributed by atoms with E-state index in [1.54, 1.807) is 0 Å². The smallest absolute Gasteiger partial charge is 0.0167 e. The van der Waals surface area contributed by atoms with Crippen molar-refractivity contribution in [3.63, 3.8) is 0 Å². The van der Waals surface area contributed by atoms with Gasteiger partial charge in [0.05, 0.1) is 0 Å². The lowest BCUT2D eigenvalue weighted by Gasteiger charge is -1.86. The Morgan fingerprint density at radius 1 is 0.818 bits per heavy atom. The van der Waals surface area contributed by atoms with Crippen LogP contribution in [0.2, 0.25) is 0 Å². The number of nitrogens with one attached hydrogen (secondary N) is 1. The highest BCUT2D eigenvalue weighted by molar-refractivity contribution is 4.31. The molecule has 0 aromatic rings. The van der Waals surface area contributed by atoms with E-state index in [-0.39, 0.29) is 0 Å². The summed E-state index contributed by atoms with van der Waals surface area (Å²) in [6.07, 6.45) is 5.54. The molecular formula is C10H27N. The molecule has 72 valence electrons. The highest BCUT2D eigenvalue weighted by Crippen LogP contribution is 1.95. The molecule has 1 nitrogen and oxygen atoms in total. The van der Waals surface area contributed by atoms with Crippen LogP contribution in [0.15, 0.2) is 0 Å². The van der Waals surface area contributed by atoms with E-state index in [1.165, 1.54) is 25.7 Å². The van der Waals surface area contributed by atoms with Crippen LogP contribution in [0.25, 0.3) is 0 Å². The Morgan fingerprint density at radius 3 is 1.09 bits per heavy atom. The predicted molar refractivity (Wildman–Crippen MR) is 56.1 cm³/mol. The molecule has 0 heterocycles. The lowest BCUT2D eigenvalue weighted by Crippen LogP contribution is -1.89. The molecule has 0 radical (unpaired) electrons. The van der Waals surface area contributed by atoms with Crippen molar-refractivity contribution in [1.82, 2.24) is 5.32 Å². The topological polar surface area (TPSA) is 12.0 Å². The third-order valence-corrected chi connectivity index (χ3v) is 0.957. The van der Waals surface area contributed by atoms with Crippen molar-refractivity contribution >= 4 is 0 Å². The molecular weight excluding hydrogens is 134 g/mol. The number of unbranched alkanes of at least 4 members (excludes halogenated alkanes) is 3. The maximum Gasteiger partial charge on any atom is -0.0167 e. The van der Waals surface area contributed by atoms with Crippen LogP contribution in [0, 0.1) is 0 Å². The van der Waals surface area contributed by atoms with Crippen molar-refractivity contribution in [2.24, 2.45) is 0 Å². The SMILES string of the molecule is CC.CCCCCC.CNC. The molecule has 0 amide bonds. The molecule has 0 aliphatic heterocycles. The second kappa shape index (κ2) is 32.5. The van der Waals surface area contributed by atoms with Gasteiger partial charge in [0.25, 0.3) is 0 Å². The van der Waals surface area contributed by atoms with E-state index in [2.05, 4.69) is 19.2 Å². The molecule has 0 saturated carbocycles. The lowest BCUT2D eigenvalue weighted by molar-refractivity contribution is 0.702. The van der Waals surface area contributed by atoms with Crippen LogP contribution < -0.4 is 5.32 Å². The van der Waals surface area contributed by atoms with Crippen molar-refractivity contribution in [2.45, 2.75) is 53.4 Å². The van der Waals surface area contributed by atoms with E-state index in [0.717, 1.165) is 0 Å². The molecule has 0 aromatic heterocycles. The molecule has 0 aliphatic rings. The van der Waals surface area contributed by atoms with Gasteiger partial charge in [-0.25, -0.2) is 0 Å². The average Bonchev–Trinajstić information content (AvgIpc) is 2.06. The molecule has 1 N–H and O–H groups in total. The third-order valence-electron chi connectivity index (χ3n) is 0.957. The van der Waals surface area contributed by atoms with E-state index in [4.69, 9.17) is 0 Å². The van der Waals surface area contributed by atoms with Gasteiger partial charge in [-0.2, -0.15) is 0 Å². The summed E-state index contributed by atoms with van der Waals surface area (Å²) < 4.78 is 0. The normalized spacial score (nSPS) is 7.09.